The number of aromatic nitrogens is 2. The second-order valence-electron chi connectivity index (χ2n) is 3.97. The molecule has 21 heavy (non-hydrogen) atoms. The van der Waals surface area contributed by atoms with Crippen molar-refractivity contribution in [2.45, 2.75) is 6.18 Å². The minimum absolute atomic E-state index is 0.0841. The zero-order valence-corrected chi connectivity index (χ0v) is 11.5. The number of anilines is 3. The van der Waals surface area contributed by atoms with E-state index in [0.29, 0.717) is 16.5 Å². The van der Waals surface area contributed by atoms with Crippen molar-refractivity contribution in [2.24, 2.45) is 0 Å². The van der Waals surface area contributed by atoms with Crippen LogP contribution in [0.2, 0.25) is 5.02 Å². The monoisotopic (exact) mass is 318 g/mol. The van der Waals surface area contributed by atoms with Crippen molar-refractivity contribution in [3.8, 4) is 5.75 Å². The Hall–Kier alpha value is -2.22. The van der Waals surface area contributed by atoms with Gasteiger partial charge in [0.25, 0.3) is 0 Å². The van der Waals surface area contributed by atoms with Gasteiger partial charge < -0.3 is 15.8 Å². The van der Waals surface area contributed by atoms with E-state index in [0.717, 1.165) is 6.07 Å². The van der Waals surface area contributed by atoms with Crippen molar-refractivity contribution in [1.29, 1.82) is 0 Å². The van der Waals surface area contributed by atoms with Crippen molar-refractivity contribution in [3.05, 3.63) is 35.0 Å². The summed E-state index contributed by atoms with van der Waals surface area (Å²) in [4.78, 5) is 6.85. The fourth-order valence-electron chi connectivity index (χ4n) is 1.56. The van der Waals surface area contributed by atoms with Crippen LogP contribution in [0.1, 0.15) is 5.69 Å². The number of alkyl halides is 3. The predicted octanol–water partition coefficient (Wildman–Crippen LogP) is 3.48. The first-order valence-corrected chi connectivity index (χ1v) is 5.99. The molecule has 2 rings (SSSR count). The number of hydrogen-bond acceptors (Lipinski definition) is 5. The summed E-state index contributed by atoms with van der Waals surface area (Å²) < 4.78 is 43.0. The van der Waals surface area contributed by atoms with Gasteiger partial charge in [0.05, 0.1) is 12.1 Å². The molecule has 0 radical (unpaired) electrons. The van der Waals surface area contributed by atoms with Gasteiger partial charge in [0.15, 0.2) is 5.69 Å². The van der Waals surface area contributed by atoms with Crippen molar-refractivity contribution in [1.82, 2.24) is 9.97 Å². The molecular formula is C12H10ClF3N4O. The van der Waals surface area contributed by atoms with Gasteiger partial charge >= 0.3 is 6.18 Å². The number of hydrogen-bond donors (Lipinski definition) is 2. The largest absolute Gasteiger partial charge is 0.495 e. The molecule has 1 heterocycles. The molecule has 0 unspecified atom stereocenters. The van der Waals surface area contributed by atoms with Gasteiger partial charge in [-0.25, -0.2) is 4.98 Å². The van der Waals surface area contributed by atoms with Gasteiger partial charge in [-0.1, -0.05) is 11.6 Å². The highest BCUT2D eigenvalue weighted by Crippen LogP contribution is 2.31. The van der Waals surface area contributed by atoms with Gasteiger partial charge in [0, 0.05) is 17.8 Å². The summed E-state index contributed by atoms with van der Waals surface area (Å²) in [6.45, 7) is 0. The third kappa shape index (κ3) is 3.66. The number of rotatable bonds is 3. The molecule has 0 saturated carbocycles. The Morgan fingerprint density at radius 3 is 2.57 bits per heavy atom. The molecule has 2 aromatic rings. The molecule has 0 aliphatic carbocycles. The Morgan fingerprint density at radius 2 is 1.95 bits per heavy atom. The summed E-state index contributed by atoms with van der Waals surface area (Å²) in [5.74, 6) is -0.188. The Kier molecular flexibility index (Phi) is 4.08. The molecule has 1 aromatic carbocycles. The van der Waals surface area contributed by atoms with Crippen LogP contribution >= 0.6 is 11.6 Å². The summed E-state index contributed by atoms with van der Waals surface area (Å²) in [7, 11) is 1.43. The number of nitrogen functional groups attached to an aromatic ring is 1. The zero-order chi connectivity index (χ0) is 15.6. The van der Waals surface area contributed by atoms with E-state index < -0.39 is 17.8 Å². The van der Waals surface area contributed by atoms with E-state index in [1.54, 1.807) is 6.07 Å². The molecule has 0 saturated heterocycles. The van der Waals surface area contributed by atoms with Gasteiger partial charge in [-0.15, -0.1) is 0 Å². The van der Waals surface area contributed by atoms with Crippen molar-refractivity contribution in [2.75, 3.05) is 18.2 Å². The Balaban J connectivity index is 2.33. The number of methoxy groups -OCH3 is 1. The Labute approximate surface area is 122 Å². The topological polar surface area (TPSA) is 73.1 Å². The lowest BCUT2D eigenvalue weighted by Gasteiger charge is -2.11. The van der Waals surface area contributed by atoms with Crippen LogP contribution in [0.15, 0.2) is 24.3 Å². The van der Waals surface area contributed by atoms with Crippen LogP contribution in [0, 0.1) is 0 Å². The number of nitrogens with one attached hydrogen (secondary N) is 1. The van der Waals surface area contributed by atoms with E-state index in [2.05, 4.69) is 15.3 Å². The number of halogens is 4. The van der Waals surface area contributed by atoms with Crippen LogP contribution in [0.25, 0.3) is 0 Å². The summed E-state index contributed by atoms with van der Waals surface area (Å²) in [5.41, 5.74) is 4.60. The fourth-order valence-corrected chi connectivity index (χ4v) is 1.76. The lowest BCUT2D eigenvalue weighted by Crippen LogP contribution is -2.12. The quantitative estimate of drug-likeness (QED) is 0.906. The minimum Gasteiger partial charge on any atom is -0.495 e. The molecule has 0 fully saturated rings. The lowest BCUT2D eigenvalue weighted by molar-refractivity contribution is -0.141. The van der Waals surface area contributed by atoms with Gasteiger partial charge in [-0.2, -0.15) is 18.2 Å². The third-order valence-electron chi connectivity index (χ3n) is 2.46. The average Bonchev–Trinajstić information content (AvgIpc) is 2.39. The first-order chi connectivity index (χ1) is 9.79. The van der Waals surface area contributed by atoms with Crippen molar-refractivity contribution >= 4 is 29.1 Å². The standard InChI is InChI=1S/C12H10ClF3N4O/c1-21-8-4-6(2-3-7(8)13)18-10-5-9(12(14,15)16)19-11(17)20-10/h2-5H,1H3,(H3,17,18,19,20). The molecule has 3 N–H and O–H groups in total. The molecular weight excluding hydrogens is 309 g/mol. The fraction of sp³-hybridized carbons (Fsp3) is 0.167. The van der Waals surface area contributed by atoms with Gasteiger partial charge in [-0.05, 0) is 12.1 Å². The number of ether oxygens (including phenoxy) is 1. The maximum atomic E-state index is 12.6. The smallest absolute Gasteiger partial charge is 0.433 e. The highest BCUT2D eigenvalue weighted by Gasteiger charge is 2.33. The summed E-state index contributed by atoms with van der Waals surface area (Å²) in [6, 6.07) is 5.39. The number of nitrogens with two attached hydrogens (primary N) is 1. The van der Waals surface area contributed by atoms with Crippen LogP contribution in [0.4, 0.5) is 30.6 Å². The molecule has 9 heteroatoms. The molecule has 0 spiro atoms. The van der Waals surface area contributed by atoms with E-state index in [1.165, 1.54) is 19.2 Å². The van der Waals surface area contributed by atoms with Gasteiger partial charge in [-0.3, -0.25) is 0 Å². The minimum atomic E-state index is -4.61. The zero-order valence-electron chi connectivity index (χ0n) is 10.7. The molecule has 112 valence electrons. The van der Waals surface area contributed by atoms with E-state index in [-0.39, 0.29) is 5.82 Å². The molecule has 0 amide bonds. The van der Waals surface area contributed by atoms with Crippen LogP contribution in [0.5, 0.6) is 5.75 Å². The summed E-state index contributed by atoms with van der Waals surface area (Å²) in [6.07, 6.45) is -4.61. The molecule has 0 bridgehead atoms. The Bertz CT molecular complexity index is 663. The average molecular weight is 319 g/mol. The number of nitrogens with zero attached hydrogens (tertiary/aromatic N) is 2. The second-order valence-corrected chi connectivity index (χ2v) is 4.38. The molecule has 1 aromatic heterocycles. The highest BCUT2D eigenvalue weighted by molar-refractivity contribution is 6.32. The first-order valence-electron chi connectivity index (χ1n) is 5.62. The van der Waals surface area contributed by atoms with Crippen LogP contribution in [0.3, 0.4) is 0 Å². The first kappa shape index (κ1) is 15.2. The summed E-state index contributed by atoms with van der Waals surface area (Å²) >= 11 is 5.86. The van der Waals surface area contributed by atoms with Crippen molar-refractivity contribution in [3.63, 3.8) is 0 Å². The van der Waals surface area contributed by atoms with Crippen molar-refractivity contribution < 1.29 is 17.9 Å². The Morgan fingerprint density at radius 1 is 1.24 bits per heavy atom. The second kappa shape index (κ2) is 5.65. The summed E-state index contributed by atoms with van der Waals surface area (Å²) in [5, 5.41) is 3.07. The van der Waals surface area contributed by atoms with E-state index in [4.69, 9.17) is 22.1 Å². The van der Waals surface area contributed by atoms with Crippen LogP contribution < -0.4 is 15.8 Å². The molecule has 0 atom stereocenters. The SMILES string of the molecule is COc1cc(Nc2cc(C(F)(F)F)nc(N)n2)ccc1Cl. The highest BCUT2D eigenvalue weighted by atomic mass is 35.5. The van der Waals surface area contributed by atoms with Gasteiger partial charge in [0.1, 0.15) is 11.6 Å². The normalized spacial score (nSPS) is 11.3. The maximum Gasteiger partial charge on any atom is 0.433 e. The maximum absolute atomic E-state index is 12.6. The molecule has 0 aliphatic heterocycles. The third-order valence-corrected chi connectivity index (χ3v) is 2.77. The molecule has 5 nitrogen and oxygen atoms in total. The lowest BCUT2D eigenvalue weighted by atomic mass is 10.3. The van der Waals surface area contributed by atoms with Crippen LogP contribution in [-0.2, 0) is 6.18 Å². The van der Waals surface area contributed by atoms with Gasteiger partial charge in [0.2, 0.25) is 5.95 Å². The number of benzene rings is 1. The van der Waals surface area contributed by atoms with E-state index in [9.17, 15) is 13.2 Å². The molecule has 0 aliphatic rings. The predicted molar refractivity (Wildman–Crippen MR) is 72.7 cm³/mol. The van der Waals surface area contributed by atoms with E-state index >= 15 is 0 Å². The van der Waals surface area contributed by atoms with E-state index in [1.807, 2.05) is 0 Å². The van der Waals surface area contributed by atoms with Crippen LogP contribution in [-0.4, -0.2) is 17.1 Å².